The Morgan fingerprint density at radius 1 is 0.971 bits per heavy atom. The van der Waals surface area contributed by atoms with Gasteiger partial charge in [0, 0.05) is 36.5 Å². The number of carbonyl (C=O) groups is 1. The van der Waals surface area contributed by atoms with E-state index in [4.69, 9.17) is 9.47 Å². The van der Waals surface area contributed by atoms with Crippen LogP contribution >= 0.6 is 0 Å². The first-order chi connectivity index (χ1) is 16.5. The number of fused-ring (bicyclic) bond motifs is 2. The van der Waals surface area contributed by atoms with Gasteiger partial charge in [-0.15, -0.1) is 10.2 Å². The molecule has 0 bridgehead atoms. The first-order valence-electron chi connectivity index (χ1n) is 10.6. The molecule has 10 nitrogen and oxygen atoms in total. The summed E-state index contributed by atoms with van der Waals surface area (Å²) in [6.07, 6.45) is 2.36. The van der Waals surface area contributed by atoms with Crippen molar-refractivity contribution in [3.63, 3.8) is 0 Å². The number of benzene rings is 2. The number of nitrogens with zero attached hydrogens (tertiary/aromatic N) is 3. The number of nitrogens with one attached hydrogen (secondary N) is 2. The van der Waals surface area contributed by atoms with E-state index in [1.54, 1.807) is 24.3 Å². The summed E-state index contributed by atoms with van der Waals surface area (Å²) >= 11 is 0. The zero-order chi connectivity index (χ0) is 23.5. The number of hydrogen-bond acceptors (Lipinski definition) is 7. The van der Waals surface area contributed by atoms with Gasteiger partial charge in [0.1, 0.15) is 19.0 Å². The Kier molecular flexibility index (Phi) is 5.76. The molecule has 0 saturated heterocycles. The van der Waals surface area contributed by atoms with Gasteiger partial charge in [-0.1, -0.05) is 12.1 Å². The largest absolute Gasteiger partial charge is 0.486 e. The highest BCUT2D eigenvalue weighted by Gasteiger charge is 2.20. The molecule has 0 radical (unpaired) electrons. The lowest BCUT2D eigenvalue weighted by Gasteiger charge is -2.19. The fourth-order valence-corrected chi connectivity index (χ4v) is 4.64. The molecule has 2 N–H and O–H groups in total. The lowest BCUT2D eigenvalue weighted by Crippen LogP contribution is -2.26. The molecule has 1 aliphatic heterocycles. The molecule has 0 aliphatic carbocycles. The highest BCUT2D eigenvalue weighted by Crippen LogP contribution is 2.32. The molecule has 2 aromatic heterocycles. The van der Waals surface area contributed by atoms with Crippen molar-refractivity contribution < 1.29 is 22.7 Å². The first kappa shape index (κ1) is 21.7. The summed E-state index contributed by atoms with van der Waals surface area (Å²) in [7, 11) is -3.89. The highest BCUT2D eigenvalue weighted by molar-refractivity contribution is 7.92. The van der Waals surface area contributed by atoms with Crippen molar-refractivity contribution in [2.75, 3.05) is 24.5 Å². The number of anilines is 1. The second-order valence-electron chi connectivity index (χ2n) is 7.54. The van der Waals surface area contributed by atoms with E-state index in [-0.39, 0.29) is 16.5 Å². The van der Waals surface area contributed by atoms with Crippen LogP contribution in [0.2, 0.25) is 0 Å². The van der Waals surface area contributed by atoms with Gasteiger partial charge in [0.15, 0.2) is 17.1 Å². The summed E-state index contributed by atoms with van der Waals surface area (Å²) in [4.78, 5) is 12.7. The summed E-state index contributed by atoms with van der Waals surface area (Å²) in [5.74, 6) is 1.29. The van der Waals surface area contributed by atoms with Gasteiger partial charge in [-0.2, -0.15) is 0 Å². The summed E-state index contributed by atoms with van der Waals surface area (Å²) < 4.78 is 41.0. The third-order valence-electron chi connectivity index (χ3n) is 5.22. The van der Waals surface area contributed by atoms with Gasteiger partial charge < -0.3 is 14.8 Å². The van der Waals surface area contributed by atoms with Gasteiger partial charge in [-0.3, -0.25) is 13.9 Å². The Hall–Kier alpha value is -4.12. The Morgan fingerprint density at radius 3 is 2.71 bits per heavy atom. The molecule has 11 heteroatoms. The summed E-state index contributed by atoms with van der Waals surface area (Å²) in [6.45, 7) is 1.12. The molecule has 1 aliphatic rings. The Bertz CT molecular complexity index is 1470. The molecule has 34 heavy (non-hydrogen) atoms. The van der Waals surface area contributed by atoms with Crippen molar-refractivity contribution >= 4 is 27.3 Å². The minimum absolute atomic E-state index is 0.0344. The van der Waals surface area contributed by atoms with Gasteiger partial charge in [0.2, 0.25) is 0 Å². The van der Waals surface area contributed by atoms with E-state index < -0.39 is 10.0 Å². The molecule has 0 fully saturated rings. The van der Waals surface area contributed by atoms with E-state index >= 15 is 0 Å². The van der Waals surface area contributed by atoms with E-state index in [9.17, 15) is 13.2 Å². The molecule has 2 aromatic carbocycles. The van der Waals surface area contributed by atoms with Crippen LogP contribution in [0.3, 0.4) is 0 Å². The molecule has 3 heterocycles. The molecular weight excluding hydrogens is 458 g/mol. The maximum Gasteiger partial charge on any atom is 0.262 e. The average molecular weight is 480 g/mol. The highest BCUT2D eigenvalue weighted by atomic mass is 32.2. The number of sulfonamides is 1. The number of rotatable bonds is 7. The average Bonchev–Trinajstić information content (AvgIpc) is 3.26. The molecule has 5 rings (SSSR count). The first-order valence-corrected chi connectivity index (χ1v) is 12.1. The van der Waals surface area contributed by atoms with Crippen LogP contribution in [0.1, 0.15) is 16.2 Å². The number of hydrogen-bond donors (Lipinski definition) is 2. The number of amides is 1. The second-order valence-corrected chi connectivity index (χ2v) is 9.23. The molecule has 174 valence electrons. The van der Waals surface area contributed by atoms with Crippen molar-refractivity contribution in [2.45, 2.75) is 11.3 Å². The Balaban J connectivity index is 1.24. The molecule has 0 saturated carbocycles. The molecule has 0 atom stereocenters. The summed E-state index contributed by atoms with van der Waals surface area (Å²) in [5, 5.41) is 11.1. The van der Waals surface area contributed by atoms with E-state index in [2.05, 4.69) is 20.2 Å². The van der Waals surface area contributed by atoms with Crippen LogP contribution in [-0.4, -0.2) is 48.7 Å². The normalized spacial score (nSPS) is 12.9. The molecule has 4 aromatic rings. The predicted molar refractivity (Wildman–Crippen MR) is 124 cm³/mol. The third kappa shape index (κ3) is 4.50. The maximum atomic E-state index is 12.9. The predicted octanol–water partition coefficient (Wildman–Crippen LogP) is 2.27. The SMILES string of the molecule is O=C(NCCc1nnc2ccccn12)c1cccc(NS(=O)(=O)c2ccc3c(c2)OCCO3)c1. The van der Waals surface area contributed by atoms with E-state index in [1.807, 2.05) is 28.8 Å². The maximum absolute atomic E-state index is 12.9. The van der Waals surface area contributed by atoms with Gasteiger partial charge in [0.25, 0.3) is 15.9 Å². The van der Waals surface area contributed by atoms with E-state index in [1.165, 1.54) is 18.2 Å². The van der Waals surface area contributed by atoms with Crippen LogP contribution in [0.4, 0.5) is 5.69 Å². The topological polar surface area (TPSA) is 124 Å². The van der Waals surface area contributed by atoms with E-state index in [0.29, 0.717) is 43.2 Å². The smallest absolute Gasteiger partial charge is 0.262 e. The summed E-state index contributed by atoms with van der Waals surface area (Å²) in [5.41, 5.74) is 1.33. The number of pyridine rings is 1. The quantitative estimate of drug-likeness (QED) is 0.417. The van der Waals surface area contributed by atoms with Gasteiger partial charge in [0.05, 0.1) is 4.90 Å². The minimum atomic E-state index is -3.89. The van der Waals surface area contributed by atoms with Crippen LogP contribution in [0.15, 0.2) is 71.8 Å². The zero-order valence-electron chi connectivity index (χ0n) is 18.0. The van der Waals surface area contributed by atoms with Gasteiger partial charge in [-0.05, 0) is 42.5 Å². The second kappa shape index (κ2) is 9.02. The van der Waals surface area contributed by atoms with Crippen LogP contribution in [0.25, 0.3) is 5.65 Å². The van der Waals surface area contributed by atoms with Crippen LogP contribution in [-0.2, 0) is 16.4 Å². The van der Waals surface area contributed by atoms with Crippen LogP contribution in [0, 0.1) is 0 Å². The fraction of sp³-hybridized carbons (Fsp3) is 0.174. The van der Waals surface area contributed by atoms with Crippen molar-refractivity contribution in [1.29, 1.82) is 0 Å². The van der Waals surface area contributed by atoms with Gasteiger partial charge >= 0.3 is 0 Å². The lowest BCUT2D eigenvalue weighted by molar-refractivity contribution is 0.0954. The van der Waals surface area contributed by atoms with Gasteiger partial charge in [-0.25, -0.2) is 8.42 Å². The van der Waals surface area contributed by atoms with Crippen LogP contribution in [0.5, 0.6) is 11.5 Å². The number of aromatic nitrogens is 3. The van der Waals surface area contributed by atoms with Crippen LogP contribution < -0.4 is 19.5 Å². The standard InChI is InChI=1S/C23H21N5O5S/c29-23(24-10-9-22-26-25-21-6-1-2-11-28(21)22)16-4-3-5-17(14-16)27-34(30,31)18-7-8-19-20(15-18)33-13-12-32-19/h1-8,11,14-15,27H,9-10,12-13H2,(H,24,29). The Labute approximate surface area is 195 Å². The molecule has 0 spiro atoms. The fourth-order valence-electron chi connectivity index (χ4n) is 3.58. The summed E-state index contributed by atoms with van der Waals surface area (Å²) in [6, 6.07) is 16.3. The molecule has 0 unspecified atom stereocenters. The number of ether oxygens (including phenoxy) is 2. The van der Waals surface area contributed by atoms with Crippen molar-refractivity contribution in [3.8, 4) is 11.5 Å². The lowest BCUT2D eigenvalue weighted by atomic mass is 10.2. The molecule has 1 amide bonds. The monoisotopic (exact) mass is 479 g/mol. The van der Waals surface area contributed by atoms with Crippen molar-refractivity contribution in [3.05, 3.63) is 78.2 Å². The minimum Gasteiger partial charge on any atom is -0.486 e. The van der Waals surface area contributed by atoms with Crippen molar-refractivity contribution in [2.24, 2.45) is 0 Å². The zero-order valence-corrected chi connectivity index (χ0v) is 18.8. The van der Waals surface area contributed by atoms with Crippen molar-refractivity contribution in [1.82, 2.24) is 19.9 Å². The number of carbonyl (C=O) groups excluding carboxylic acids is 1. The molecular formula is C23H21N5O5S. The third-order valence-corrected chi connectivity index (χ3v) is 6.60. The Morgan fingerprint density at radius 2 is 1.82 bits per heavy atom. The van der Waals surface area contributed by atoms with E-state index in [0.717, 1.165) is 11.5 Å².